The number of carbonyl (C=O) groups is 2. The molecule has 0 heterocycles. The van der Waals surface area contributed by atoms with E-state index in [0.717, 1.165) is 44.9 Å². The van der Waals surface area contributed by atoms with Gasteiger partial charge in [0.25, 0.3) is 0 Å². The molecule has 0 aliphatic carbocycles. The Bertz CT molecular complexity index is 487. The van der Waals surface area contributed by atoms with Crippen molar-refractivity contribution in [3.05, 3.63) is 0 Å². The first-order valence-corrected chi connectivity index (χ1v) is 16.3. The van der Waals surface area contributed by atoms with Gasteiger partial charge in [-0.05, 0) is 19.3 Å². The minimum absolute atomic E-state index is 0.102. The molecule has 3 nitrogen and oxygen atoms in total. The second-order valence-electron chi connectivity index (χ2n) is 11.4. The first-order valence-electron chi connectivity index (χ1n) is 16.3. The van der Waals surface area contributed by atoms with Crippen LogP contribution in [0.2, 0.25) is 0 Å². The van der Waals surface area contributed by atoms with E-state index in [0.29, 0.717) is 0 Å². The Balaban J connectivity index is 4.34. The van der Waals surface area contributed by atoms with Gasteiger partial charge in [-0.3, -0.25) is 9.59 Å². The summed E-state index contributed by atoms with van der Waals surface area (Å²) in [6.45, 7) is 8.63. The van der Waals surface area contributed by atoms with Crippen LogP contribution in [0.1, 0.15) is 188 Å². The van der Waals surface area contributed by atoms with Gasteiger partial charge in [0.05, 0.1) is 11.8 Å². The highest BCUT2D eigenvalue weighted by molar-refractivity contribution is 5.87. The zero-order chi connectivity index (χ0) is 26.7. The fraction of sp³-hybridized carbons (Fsp3) is 0.939. The summed E-state index contributed by atoms with van der Waals surface area (Å²) in [5, 5.41) is 0. The molecule has 0 aromatic rings. The molecule has 0 rings (SSSR count). The molecule has 0 radical (unpaired) electrons. The highest BCUT2D eigenvalue weighted by atomic mass is 16.6. The highest BCUT2D eigenvalue weighted by Gasteiger charge is 2.24. The lowest BCUT2D eigenvalue weighted by Crippen LogP contribution is -2.25. The fourth-order valence-corrected chi connectivity index (χ4v) is 5.06. The summed E-state index contributed by atoms with van der Waals surface area (Å²) < 4.78 is 5.42. The largest absolute Gasteiger partial charge is 0.393 e. The van der Waals surface area contributed by atoms with E-state index < -0.39 is 0 Å². The number of hydrogen-bond acceptors (Lipinski definition) is 3. The van der Waals surface area contributed by atoms with Gasteiger partial charge >= 0.3 is 11.9 Å². The van der Waals surface area contributed by atoms with Crippen LogP contribution in [0, 0.1) is 11.8 Å². The van der Waals surface area contributed by atoms with Crippen LogP contribution in [-0.4, -0.2) is 11.9 Å². The lowest BCUT2D eigenvalue weighted by atomic mass is 9.94. The van der Waals surface area contributed by atoms with Crippen LogP contribution in [0.25, 0.3) is 0 Å². The van der Waals surface area contributed by atoms with Crippen molar-refractivity contribution in [1.29, 1.82) is 0 Å². The van der Waals surface area contributed by atoms with Gasteiger partial charge in [-0.25, -0.2) is 0 Å². The monoisotopic (exact) mass is 508 g/mol. The summed E-state index contributed by atoms with van der Waals surface area (Å²) in [7, 11) is 0. The Labute approximate surface area is 226 Å². The third kappa shape index (κ3) is 22.3. The van der Waals surface area contributed by atoms with Crippen LogP contribution < -0.4 is 0 Å². The Morgan fingerprint density at radius 2 is 0.750 bits per heavy atom. The van der Waals surface area contributed by atoms with Crippen molar-refractivity contribution < 1.29 is 14.3 Å². The summed E-state index contributed by atoms with van der Waals surface area (Å²) >= 11 is 0. The smallest absolute Gasteiger partial charge is 0.316 e. The molecular weight excluding hydrogens is 444 g/mol. The maximum absolute atomic E-state index is 12.9. The molecule has 2 unspecified atom stereocenters. The topological polar surface area (TPSA) is 43.4 Å². The highest BCUT2D eigenvalue weighted by Crippen LogP contribution is 2.22. The molecule has 0 fully saturated rings. The van der Waals surface area contributed by atoms with E-state index in [1.54, 1.807) is 0 Å². The summed E-state index contributed by atoms with van der Waals surface area (Å²) in [6.07, 6.45) is 30.3. The van der Waals surface area contributed by atoms with E-state index in [9.17, 15) is 9.59 Å². The third-order valence-corrected chi connectivity index (χ3v) is 7.74. The molecule has 36 heavy (non-hydrogen) atoms. The van der Waals surface area contributed by atoms with Crippen molar-refractivity contribution in [3.63, 3.8) is 0 Å². The third-order valence-electron chi connectivity index (χ3n) is 7.74. The van der Waals surface area contributed by atoms with Crippen LogP contribution >= 0.6 is 0 Å². The molecular formula is C33H64O3. The first-order chi connectivity index (χ1) is 17.6. The molecule has 0 saturated heterocycles. The van der Waals surface area contributed by atoms with Crippen LogP contribution in [0.3, 0.4) is 0 Å². The first kappa shape index (κ1) is 35.1. The summed E-state index contributed by atoms with van der Waals surface area (Å²) in [6, 6.07) is 0. The van der Waals surface area contributed by atoms with Gasteiger partial charge < -0.3 is 4.74 Å². The van der Waals surface area contributed by atoms with Crippen molar-refractivity contribution >= 4 is 11.9 Å². The van der Waals surface area contributed by atoms with Crippen LogP contribution in [0.4, 0.5) is 0 Å². The van der Waals surface area contributed by atoms with Crippen LogP contribution in [-0.2, 0) is 14.3 Å². The Kier molecular flexibility index (Phi) is 26.5. The molecule has 3 heteroatoms. The molecule has 0 saturated carbocycles. The van der Waals surface area contributed by atoms with Gasteiger partial charge in [0, 0.05) is 0 Å². The maximum atomic E-state index is 12.9. The minimum Gasteiger partial charge on any atom is -0.393 e. The number of rotatable bonds is 27. The fourth-order valence-electron chi connectivity index (χ4n) is 5.06. The van der Waals surface area contributed by atoms with Gasteiger partial charge in [0.2, 0.25) is 0 Å². The van der Waals surface area contributed by atoms with E-state index in [1.807, 2.05) is 6.92 Å². The van der Waals surface area contributed by atoms with E-state index in [-0.39, 0.29) is 23.8 Å². The van der Waals surface area contributed by atoms with Crippen LogP contribution in [0.15, 0.2) is 0 Å². The SMILES string of the molecule is CCCCCCCCCCCCC(CCCCCCCCCC)C(=O)OC(=O)C(C)CCCCCC. The average molecular weight is 509 g/mol. The predicted molar refractivity (Wildman–Crippen MR) is 156 cm³/mol. The normalized spacial score (nSPS) is 13.0. The molecule has 0 aromatic heterocycles. The zero-order valence-corrected chi connectivity index (χ0v) is 25.1. The summed E-state index contributed by atoms with van der Waals surface area (Å²) in [5.74, 6) is -0.831. The lowest BCUT2D eigenvalue weighted by molar-refractivity contribution is -0.165. The Morgan fingerprint density at radius 1 is 0.444 bits per heavy atom. The van der Waals surface area contributed by atoms with Crippen molar-refractivity contribution in [1.82, 2.24) is 0 Å². The van der Waals surface area contributed by atoms with Gasteiger partial charge in [-0.15, -0.1) is 0 Å². The Morgan fingerprint density at radius 3 is 1.14 bits per heavy atom. The second-order valence-corrected chi connectivity index (χ2v) is 11.4. The lowest BCUT2D eigenvalue weighted by Gasteiger charge is -2.17. The molecule has 2 atom stereocenters. The molecule has 0 amide bonds. The molecule has 0 bridgehead atoms. The van der Waals surface area contributed by atoms with E-state index in [4.69, 9.17) is 4.74 Å². The van der Waals surface area contributed by atoms with Crippen molar-refractivity contribution in [3.8, 4) is 0 Å². The van der Waals surface area contributed by atoms with E-state index >= 15 is 0 Å². The van der Waals surface area contributed by atoms with Crippen molar-refractivity contribution in [2.75, 3.05) is 0 Å². The number of ether oxygens (including phenoxy) is 1. The van der Waals surface area contributed by atoms with Crippen molar-refractivity contribution in [2.45, 2.75) is 188 Å². The van der Waals surface area contributed by atoms with Gasteiger partial charge in [0.1, 0.15) is 0 Å². The quantitative estimate of drug-likeness (QED) is 0.0629. The van der Waals surface area contributed by atoms with Gasteiger partial charge in [-0.2, -0.15) is 0 Å². The number of unbranched alkanes of at least 4 members (excludes halogenated alkanes) is 19. The molecule has 0 aromatic carbocycles. The summed E-state index contributed by atoms with van der Waals surface area (Å²) in [4.78, 5) is 25.4. The van der Waals surface area contributed by atoms with E-state index in [2.05, 4.69) is 20.8 Å². The second kappa shape index (κ2) is 27.2. The Hall–Kier alpha value is -0.860. The number of esters is 2. The predicted octanol–water partition coefficient (Wildman–Crippen LogP) is 11.1. The molecule has 0 N–H and O–H groups in total. The molecule has 0 spiro atoms. The molecule has 0 aliphatic heterocycles. The maximum Gasteiger partial charge on any atom is 0.316 e. The van der Waals surface area contributed by atoms with Crippen molar-refractivity contribution in [2.24, 2.45) is 11.8 Å². The van der Waals surface area contributed by atoms with Gasteiger partial charge in [-0.1, -0.05) is 169 Å². The standard InChI is InChI=1S/C33H64O3/c1-5-8-11-14-16-18-19-21-23-26-29-31(28-25-22-20-17-15-12-9-6-2)33(35)36-32(34)30(4)27-24-13-10-7-3/h30-31H,5-29H2,1-4H3. The van der Waals surface area contributed by atoms with E-state index in [1.165, 1.54) is 116 Å². The molecule has 214 valence electrons. The number of hydrogen-bond donors (Lipinski definition) is 0. The van der Waals surface area contributed by atoms with Crippen LogP contribution in [0.5, 0.6) is 0 Å². The molecule has 0 aliphatic rings. The summed E-state index contributed by atoms with van der Waals surface area (Å²) in [5.41, 5.74) is 0. The average Bonchev–Trinajstić information content (AvgIpc) is 2.87. The zero-order valence-electron chi connectivity index (χ0n) is 25.1. The van der Waals surface area contributed by atoms with Gasteiger partial charge in [0.15, 0.2) is 0 Å². The number of carbonyl (C=O) groups excluding carboxylic acids is 2. The minimum atomic E-state index is -0.305.